The summed E-state index contributed by atoms with van der Waals surface area (Å²) in [6.45, 7) is 2.01. The van der Waals surface area contributed by atoms with Crippen LogP contribution in [0.3, 0.4) is 0 Å². The van der Waals surface area contributed by atoms with Crippen LogP contribution < -0.4 is 0 Å². The fraction of sp³-hybridized carbons (Fsp3) is 0.385. The molecule has 0 spiro atoms. The van der Waals surface area contributed by atoms with Crippen LogP contribution in [0.2, 0.25) is 0 Å². The van der Waals surface area contributed by atoms with Crippen LogP contribution in [-0.2, 0) is 9.53 Å². The summed E-state index contributed by atoms with van der Waals surface area (Å²) >= 11 is 0. The van der Waals surface area contributed by atoms with Crippen LogP contribution in [-0.4, -0.2) is 13.1 Å². The van der Waals surface area contributed by atoms with Crippen LogP contribution >= 0.6 is 0 Å². The predicted molar refractivity (Wildman–Crippen MR) is 58.6 cm³/mol. The second-order valence-corrected chi connectivity index (χ2v) is 4.24. The molecule has 1 aromatic carbocycles. The van der Waals surface area contributed by atoms with Crippen LogP contribution in [0, 0.1) is 23.7 Å². The lowest BCUT2D eigenvalue weighted by molar-refractivity contribution is -0.144. The van der Waals surface area contributed by atoms with Gasteiger partial charge in [0.1, 0.15) is 0 Å². The van der Waals surface area contributed by atoms with E-state index in [9.17, 15) is 4.79 Å². The van der Waals surface area contributed by atoms with Gasteiger partial charge < -0.3 is 4.74 Å². The summed E-state index contributed by atoms with van der Waals surface area (Å²) in [5, 5.41) is 9.09. The van der Waals surface area contributed by atoms with Gasteiger partial charge in [0.15, 0.2) is 5.41 Å². The third kappa shape index (κ3) is 1.47. The number of ether oxygens (including phenoxy) is 1. The summed E-state index contributed by atoms with van der Waals surface area (Å²) in [7, 11) is 1.33. The summed E-state index contributed by atoms with van der Waals surface area (Å²) in [5.74, 6) is -0.425. The van der Waals surface area contributed by atoms with E-state index in [0.717, 1.165) is 5.56 Å². The molecule has 0 aliphatic heterocycles. The molecule has 0 aromatic heterocycles. The molecule has 0 unspecified atom stereocenters. The van der Waals surface area contributed by atoms with Crippen molar-refractivity contribution < 1.29 is 9.53 Å². The first-order chi connectivity index (χ1) is 7.64. The first-order valence-electron chi connectivity index (χ1n) is 5.20. The van der Waals surface area contributed by atoms with E-state index in [1.165, 1.54) is 12.7 Å². The molecule has 0 heterocycles. The minimum Gasteiger partial charge on any atom is -0.468 e. The molecule has 0 saturated heterocycles. The van der Waals surface area contributed by atoms with Crippen molar-refractivity contribution in [3.8, 4) is 6.07 Å². The van der Waals surface area contributed by atoms with Gasteiger partial charge in [0.05, 0.1) is 13.2 Å². The molecular weight excluding hydrogens is 202 g/mol. The average Bonchev–Trinajstić information content (AvgIpc) is 3.05. The normalized spacial score (nSPS) is 26.9. The summed E-state index contributed by atoms with van der Waals surface area (Å²) in [4.78, 5) is 11.5. The van der Waals surface area contributed by atoms with Gasteiger partial charge in [0.2, 0.25) is 0 Å². The number of nitriles is 1. The van der Waals surface area contributed by atoms with E-state index >= 15 is 0 Å². The van der Waals surface area contributed by atoms with Crippen molar-refractivity contribution in [2.45, 2.75) is 19.3 Å². The Morgan fingerprint density at radius 1 is 1.50 bits per heavy atom. The summed E-state index contributed by atoms with van der Waals surface area (Å²) in [5.41, 5.74) is 1.27. The van der Waals surface area contributed by atoms with Crippen LogP contribution in [0.15, 0.2) is 24.3 Å². The first kappa shape index (κ1) is 10.7. The predicted octanol–water partition coefficient (Wildman–Crippen LogP) is 2.17. The van der Waals surface area contributed by atoms with Crippen molar-refractivity contribution in [3.05, 3.63) is 35.4 Å². The lowest BCUT2D eigenvalue weighted by Gasteiger charge is -2.06. The fourth-order valence-corrected chi connectivity index (χ4v) is 2.04. The van der Waals surface area contributed by atoms with Gasteiger partial charge in [-0.2, -0.15) is 5.26 Å². The van der Waals surface area contributed by atoms with Gasteiger partial charge in [0, 0.05) is 5.92 Å². The number of nitrogens with zero attached hydrogens (tertiary/aromatic N) is 1. The highest BCUT2D eigenvalue weighted by molar-refractivity contribution is 5.85. The molecule has 1 fully saturated rings. The minimum atomic E-state index is -0.940. The number of hydrogen-bond donors (Lipinski definition) is 0. The van der Waals surface area contributed by atoms with E-state index in [2.05, 4.69) is 10.8 Å². The van der Waals surface area contributed by atoms with Crippen LogP contribution in [0.25, 0.3) is 0 Å². The molecule has 0 radical (unpaired) electrons. The highest BCUT2D eigenvalue weighted by Gasteiger charge is 2.62. The monoisotopic (exact) mass is 215 g/mol. The molecule has 0 N–H and O–H groups in total. The van der Waals surface area contributed by atoms with E-state index < -0.39 is 11.4 Å². The van der Waals surface area contributed by atoms with Crippen molar-refractivity contribution in [1.29, 1.82) is 5.26 Å². The summed E-state index contributed by atoms with van der Waals surface area (Å²) in [6.07, 6.45) is 0.569. The molecule has 0 bridgehead atoms. The zero-order valence-electron chi connectivity index (χ0n) is 9.36. The molecule has 3 heteroatoms. The summed E-state index contributed by atoms with van der Waals surface area (Å²) in [6, 6.07) is 10.0. The van der Waals surface area contributed by atoms with Crippen molar-refractivity contribution in [2.24, 2.45) is 5.41 Å². The average molecular weight is 215 g/mol. The number of methoxy groups -OCH3 is 1. The van der Waals surface area contributed by atoms with Crippen molar-refractivity contribution in [1.82, 2.24) is 0 Å². The third-order valence-electron chi connectivity index (χ3n) is 3.19. The molecule has 1 aliphatic carbocycles. The largest absolute Gasteiger partial charge is 0.468 e. The fourth-order valence-electron chi connectivity index (χ4n) is 2.04. The molecule has 1 aromatic rings. The number of aryl methyl sites for hydroxylation is 1. The number of rotatable bonds is 2. The van der Waals surface area contributed by atoms with Crippen molar-refractivity contribution >= 4 is 5.97 Å². The zero-order chi connectivity index (χ0) is 11.8. The van der Waals surface area contributed by atoms with Gasteiger partial charge in [-0.15, -0.1) is 0 Å². The number of hydrogen-bond acceptors (Lipinski definition) is 3. The van der Waals surface area contributed by atoms with E-state index in [0.29, 0.717) is 6.42 Å². The molecule has 2 atom stereocenters. The van der Waals surface area contributed by atoms with Crippen LogP contribution in [0.4, 0.5) is 0 Å². The standard InChI is InChI=1S/C13H13NO2/c1-9-3-5-10(6-4-9)11-7-13(11,8-14)12(15)16-2/h3-6,11H,7H2,1-2H3/t11-,13-/m1/s1. The maximum atomic E-state index is 11.5. The Labute approximate surface area is 94.6 Å². The van der Waals surface area contributed by atoms with Crippen LogP contribution in [0.5, 0.6) is 0 Å². The van der Waals surface area contributed by atoms with E-state index in [1.54, 1.807) is 0 Å². The van der Waals surface area contributed by atoms with Gasteiger partial charge in [0.25, 0.3) is 0 Å². The van der Waals surface area contributed by atoms with Gasteiger partial charge in [-0.1, -0.05) is 29.8 Å². The smallest absolute Gasteiger partial charge is 0.326 e. The molecule has 1 saturated carbocycles. The van der Waals surface area contributed by atoms with E-state index in [-0.39, 0.29) is 5.92 Å². The highest BCUT2D eigenvalue weighted by atomic mass is 16.5. The Morgan fingerprint density at radius 2 is 2.12 bits per heavy atom. The Bertz CT molecular complexity index is 458. The minimum absolute atomic E-state index is 0.00875. The third-order valence-corrected chi connectivity index (χ3v) is 3.19. The van der Waals surface area contributed by atoms with Crippen molar-refractivity contribution in [2.75, 3.05) is 7.11 Å². The Morgan fingerprint density at radius 3 is 2.62 bits per heavy atom. The molecule has 0 amide bonds. The Balaban J connectivity index is 2.25. The van der Waals surface area contributed by atoms with E-state index in [1.807, 2.05) is 31.2 Å². The topological polar surface area (TPSA) is 50.1 Å². The zero-order valence-corrected chi connectivity index (χ0v) is 9.36. The summed E-state index contributed by atoms with van der Waals surface area (Å²) < 4.78 is 4.68. The molecule has 82 valence electrons. The quantitative estimate of drug-likeness (QED) is 0.710. The lowest BCUT2D eigenvalue weighted by Crippen LogP contribution is -2.17. The molecule has 1 aliphatic rings. The number of carbonyl (C=O) groups is 1. The van der Waals surface area contributed by atoms with Gasteiger partial charge in [-0.05, 0) is 18.9 Å². The Kier molecular flexibility index (Phi) is 2.43. The van der Waals surface area contributed by atoms with Gasteiger partial charge in [-0.3, -0.25) is 4.79 Å². The molecule has 2 rings (SSSR count). The molecular formula is C13H13NO2. The van der Waals surface area contributed by atoms with Crippen LogP contribution in [0.1, 0.15) is 23.5 Å². The Hall–Kier alpha value is -1.82. The SMILES string of the molecule is COC(=O)[C@@]1(C#N)C[C@@H]1c1ccc(C)cc1. The first-order valence-corrected chi connectivity index (χ1v) is 5.20. The lowest BCUT2D eigenvalue weighted by atomic mass is 10.00. The number of esters is 1. The maximum Gasteiger partial charge on any atom is 0.326 e. The van der Waals surface area contributed by atoms with Crippen molar-refractivity contribution in [3.63, 3.8) is 0 Å². The second-order valence-electron chi connectivity index (χ2n) is 4.24. The molecule has 3 nitrogen and oxygen atoms in total. The highest BCUT2D eigenvalue weighted by Crippen LogP contribution is 2.59. The molecule has 16 heavy (non-hydrogen) atoms. The van der Waals surface area contributed by atoms with Gasteiger partial charge >= 0.3 is 5.97 Å². The second kappa shape index (κ2) is 3.64. The maximum absolute atomic E-state index is 11.5. The van der Waals surface area contributed by atoms with E-state index in [4.69, 9.17) is 5.26 Å². The number of carbonyl (C=O) groups excluding carboxylic acids is 1. The van der Waals surface area contributed by atoms with Gasteiger partial charge in [-0.25, -0.2) is 0 Å². The number of benzene rings is 1.